The Morgan fingerprint density at radius 1 is 1.12 bits per heavy atom. The Morgan fingerprint density at radius 3 is 2.75 bits per heavy atom. The third-order valence-electron chi connectivity index (χ3n) is 7.15. The minimum absolute atomic E-state index is 0.119. The molecule has 0 bridgehead atoms. The van der Waals surface area contributed by atoms with Crippen LogP contribution in [0.25, 0.3) is 22.2 Å². The smallest absolute Gasteiger partial charge is 0.248 e. The molecule has 1 amide bonds. The minimum Gasteiger partial charge on any atom is -0.360 e. The lowest BCUT2D eigenvalue weighted by molar-refractivity contribution is -0.111. The van der Waals surface area contributed by atoms with Crippen LogP contribution < -0.4 is 16.0 Å². The second-order valence-corrected chi connectivity index (χ2v) is 11.0. The van der Waals surface area contributed by atoms with Gasteiger partial charge in [0.25, 0.3) is 0 Å². The van der Waals surface area contributed by atoms with Crippen molar-refractivity contribution in [3.05, 3.63) is 83.7 Å². The van der Waals surface area contributed by atoms with E-state index in [0.29, 0.717) is 17.0 Å². The number of rotatable bonds is 10. The van der Waals surface area contributed by atoms with E-state index in [0.717, 1.165) is 66.6 Å². The van der Waals surface area contributed by atoms with Gasteiger partial charge < -0.3 is 25.8 Å². The number of benzene rings is 2. The molecule has 2 atom stereocenters. The molecular formula is C31H36ClN7O. The van der Waals surface area contributed by atoms with E-state index < -0.39 is 0 Å². The monoisotopic (exact) mass is 557 g/mol. The fourth-order valence-electron chi connectivity index (χ4n) is 5.10. The van der Waals surface area contributed by atoms with Crippen LogP contribution in [0.4, 0.5) is 11.6 Å². The summed E-state index contributed by atoms with van der Waals surface area (Å²) in [5.41, 5.74) is 4.72. The molecule has 5 rings (SSSR count). The van der Waals surface area contributed by atoms with Crippen LogP contribution in [0, 0.1) is 0 Å². The summed E-state index contributed by atoms with van der Waals surface area (Å²) in [5, 5.41) is 11.8. The topological polar surface area (TPSA) is 98.0 Å². The molecule has 40 heavy (non-hydrogen) atoms. The molecular weight excluding hydrogens is 522 g/mol. The van der Waals surface area contributed by atoms with Crippen LogP contribution >= 0.6 is 11.6 Å². The van der Waals surface area contributed by atoms with E-state index >= 15 is 0 Å². The molecule has 4 N–H and O–H groups in total. The van der Waals surface area contributed by atoms with Crippen molar-refractivity contribution in [2.24, 2.45) is 0 Å². The van der Waals surface area contributed by atoms with E-state index in [1.165, 1.54) is 5.56 Å². The second-order valence-electron chi connectivity index (χ2n) is 10.6. The van der Waals surface area contributed by atoms with Gasteiger partial charge in [0.15, 0.2) is 0 Å². The zero-order valence-corrected chi connectivity index (χ0v) is 23.7. The summed E-state index contributed by atoms with van der Waals surface area (Å²) in [4.78, 5) is 26.6. The molecule has 0 aliphatic heterocycles. The lowest BCUT2D eigenvalue weighted by Gasteiger charge is -2.30. The van der Waals surface area contributed by atoms with Gasteiger partial charge >= 0.3 is 0 Å². The number of aromatic nitrogens is 3. The average Bonchev–Trinajstić information content (AvgIpc) is 3.38. The predicted molar refractivity (Wildman–Crippen MR) is 164 cm³/mol. The Morgan fingerprint density at radius 2 is 1.93 bits per heavy atom. The number of fused-ring (bicyclic) bond motifs is 1. The van der Waals surface area contributed by atoms with Crippen molar-refractivity contribution in [1.29, 1.82) is 0 Å². The van der Waals surface area contributed by atoms with Crippen molar-refractivity contribution in [2.75, 3.05) is 31.3 Å². The van der Waals surface area contributed by atoms with Crippen molar-refractivity contribution in [1.82, 2.24) is 25.2 Å². The maximum atomic E-state index is 12.1. The van der Waals surface area contributed by atoms with Gasteiger partial charge in [0.1, 0.15) is 0 Å². The van der Waals surface area contributed by atoms with E-state index in [4.69, 9.17) is 16.6 Å². The van der Waals surface area contributed by atoms with Crippen molar-refractivity contribution < 1.29 is 4.79 Å². The lowest BCUT2D eigenvalue weighted by atomic mass is 9.91. The number of amides is 1. The number of para-hydroxylation sites is 1. The summed E-state index contributed by atoms with van der Waals surface area (Å²) in [6.07, 6.45) is 11.4. The van der Waals surface area contributed by atoms with Crippen LogP contribution in [0.1, 0.15) is 31.2 Å². The Kier molecular flexibility index (Phi) is 9.11. The van der Waals surface area contributed by atoms with Gasteiger partial charge in [-0.05, 0) is 63.5 Å². The van der Waals surface area contributed by atoms with Crippen molar-refractivity contribution in [3.63, 3.8) is 0 Å². The number of carbonyl (C=O) groups excluding carboxylic acids is 1. The van der Waals surface area contributed by atoms with Crippen LogP contribution in [-0.4, -0.2) is 58.5 Å². The highest BCUT2D eigenvalue weighted by molar-refractivity contribution is 6.33. The molecule has 2 heterocycles. The Labute approximate surface area is 240 Å². The molecule has 2 aromatic carbocycles. The lowest BCUT2D eigenvalue weighted by Crippen LogP contribution is -2.38. The molecule has 4 aromatic rings. The number of H-pyrrole nitrogens is 1. The first kappa shape index (κ1) is 27.8. The Bertz CT molecular complexity index is 1460. The molecule has 8 nitrogen and oxygen atoms in total. The average molecular weight is 558 g/mol. The van der Waals surface area contributed by atoms with E-state index in [1.54, 1.807) is 12.3 Å². The van der Waals surface area contributed by atoms with Gasteiger partial charge in [-0.3, -0.25) is 4.79 Å². The molecule has 1 fully saturated rings. The second kappa shape index (κ2) is 13.1. The van der Waals surface area contributed by atoms with Gasteiger partial charge in [-0.15, -0.1) is 0 Å². The zero-order valence-electron chi connectivity index (χ0n) is 23.0. The number of nitrogens with one attached hydrogen (secondary N) is 4. The molecule has 9 heteroatoms. The number of hydrogen-bond acceptors (Lipinski definition) is 6. The highest BCUT2D eigenvalue weighted by atomic mass is 35.5. The first-order valence-electron chi connectivity index (χ1n) is 13.7. The summed E-state index contributed by atoms with van der Waals surface area (Å²) >= 11 is 6.52. The molecule has 0 radical (unpaired) electrons. The molecule has 1 aliphatic rings. The van der Waals surface area contributed by atoms with Gasteiger partial charge in [0.05, 0.1) is 16.9 Å². The largest absolute Gasteiger partial charge is 0.360 e. The van der Waals surface area contributed by atoms with Crippen LogP contribution in [0.2, 0.25) is 5.02 Å². The quantitative estimate of drug-likeness (QED) is 0.183. The number of nitrogens with zero attached hydrogens (tertiary/aromatic N) is 3. The van der Waals surface area contributed by atoms with Gasteiger partial charge in [-0.25, -0.2) is 9.97 Å². The van der Waals surface area contributed by atoms with Gasteiger partial charge in [-0.2, -0.15) is 0 Å². The summed E-state index contributed by atoms with van der Waals surface area (Å²) < 4.78 is 0. The van der Waals surface area contributed by atoms with E-state index in [-0.39, 0.29) is 11.9 Å². The standard InChI is InChI=1S/C31H36ClN7O/c1-39(2)16-6-11-29(40)36-22-14-12-21(13-15-22)18-33-23-7-5-8-24(17-23)37-31-35-20-27(32)30(38-31)26-19-34-28-10-4-3-9-25(26)28/h3-4,6,9-15,19-20,23-24,33-34H,5,7-8,16-18H2,1-2H3,(H,36,40)(H,35,37,38)/t23-,24+/m0/s1. The third kappa shape index (κ3) is 7.27. The fraction of sp³-hybridized carbons (Fsp3) is 0.323. The van der Waals surface area contributed by atoms with Crippen LogP contribution in [0.5, 0.6) is 0 Å². The van der Waals surface area contributed by atoms with E-state index in [2.05, 4.69) is 44.1 Å². The normalized spacial score (nSPS) is 17.5. The number of hydrogen-bond donors (Lipinski definition) is 4. The Hall–Kier alpha value is -3.72. The first-order valence-corrected chi connectivity index (χ1v) is 14.1. The predicted octanol–water partition coefficient (Wildman–Crippen LogP) is 5.85. The molecule has 0 saturated heterocycles. The van der Waals surface area contributed by atoms with E-state index in [1.807, 2.05) is 61.6 Å². The third-order valence-corrected chi connectivity index (χ3v) is 7.43. The molecule has 0 unspecified atom stereocenters. The Balaban J connectivity index is 1.14. The molecule has 208 valence electrons. The van der Waals surface area contributed by atoms with Crippen molar-refractivity contribution in [3.8, 4) is 11.3 Å². The maximum absolute atomic E-state index is 12.1. The van der Waals surface area contributed by atoms with Gasteiger partial charge in [-0.1, -0.05) is 48.0 Å². The molecule has 1 aliphatic carbocycles. The maximum Gasteiger partial charge on any atom is 0.248 e. The highest BCUT2D eigenvalue weighted by Gasteiger charge is 2.23. The summed E-state index contributed by atoms with van der Waals surface area (Å²) in [7, 11) is 3.93. The van der Waals surface area contributed by atoms with Crippen molar-refractivity contribution >= 4 is 40.0 Å². The summed E-state index contributed by atoms with van der Waals surface area (Å²) in [6.45, 7) is 1.50. The first-order chi connectivity index (χ1) is 19.4. The van der Waals surface area contributed by atoms with Crippen LogP contribution in [0.15, 0.2) is 73.1 Å². The van der Waals surface area contributed by atoms with Crippen LogP contribution in [-0.2, 0) is 11.3 Å². The number of likely N-dealkylation sites (N-methyl/N-ethyl adjacent to an activating group) is 1. The van der Waals surface area contributed by atoms with Crippen LogP contribution in [0.3, 0.4) is 0 Å². The van der Waals surface area contributed by atoms with Gasteiger partial charge in [0, 0.05) is 59.6 Å². The molecule has 0 spiro atoms. The van der Waals surface area contributed by atoms with Gasteiger partial charge in [0.2, 0.25) is 11.9 Å². The summed E-state index contributed by atoms with van der Waals surface area (Å²) in [5.74, 6) is 0.483. The summed E-state index contributed by atoms with van der Waals surface area (Å²) in [6, 6.07) is 16.8. The number of anilines is 2. The number of halogens is 1. The number of aromatic amines is 1. The minimum atomic E-state index is -0.119. The molecule has 1 saturated carbocycles. The van der Waals surface area contributed by atoms with Crippen molar-refractivity contribution in [2.45, 2.75) is 44.3 Å². The SMILES string of the molecule is CN(C)CC=CC(=O)Nc1ccc(CN[C@H]2CCC[C@@H](Nc3ncc(Cl)c(-c4c[nH]c5ccccc45)n3)C2)cc1. The zero-order chi connectivity index (χ0) is 27.9. The number of carbonyl (C=O) groups is 1. The molecule has 2 aromatic heterocycles. The van der Waals surface area contributed by atoms with E-state index in [9.17, 15) is 4.79 Å². The fourth-order valence-corrected chi connectivity index (χ4v) is 5.30. The highest BCUT2D eigenvalue weighted by Crippen LogP contribution is 2.32.